The van der Waals surface area contributed by atoms with Gasteiger partial charge in [-0.3, -0.25) is 0 Å². The van der Waals surface area contributed by atoms with Crippen LogP contribution in [0.5, 0.6) is 11.5 Å². The molecule has 1 amide bonds. The smallest absolute Gasteiger partial charge is 0.410 e. The molecule has 2 atom stereocenters. The summed E-state index contributed by atoms with van der Waals surface area (Å²) in [6, 6.07) is 14.2. The maximum Gasteiger partial charge on any atom is 0.410 e. The molecule has 2 aromatic rings. The van der Waals surface area contributed by atoms with Crippen LogP contribution in [0.25, 0.3) is 0 Å². The molecule has 174 valence electrons. The second kappa shape index (κ2) is 11.7. The molecule has 0 spiro atoms. The molecule has 1 aliphatic heterocycles. The van der Waals surface area contributed by atoms with Crippen LogP contribution in [0.3, 0.4) is 0 Å². The van der Waals surface area contributed by atoms with E-state index >= 15 is 0 Å². The first-order valence-electron chi connectivity index (χ1n) is 10.8. The topological polar surface area (TPSA) is 68.2 Å². The van der Waals surface area contributed by atoms with Crippen molar-refractivity contribution in [1.82, 2.24) is 4.90 Å². The maximum absolute atomic E-state index is 12.4. The van der Waals surface area contributed by atoms with Gasteiger partial charge >= 0.3 is 12.7 Å². The van der Waals surface area contributed by atoms with E-state index in [4.69, 9.17) is 9.47 Å². The van der Waals surface area contributed by atoms with Gasteiger partial charge in [-0.2, -0.15) is 8.78 Å². The van der Waals surface area contributed by atoms with E-state index in [1.807, 2.05) is 30.3 Å². The summed E-state index contributed by atoms with van der Waals surface area (Å²) < 4.78 is 40.4. The van der Waals surface area contributed by atoms with Crippen molar-refractivity contribution in [2.75, 3.05) is 19.8 Å². The number of hydrogen-bond acceptors (Lipinski definition) is 5. The molecule has 0 unspecified atom stereocenters. The fraction of sp³-hybridized carbons (Fsp3) is 0.458. The molecule has 8 heteroatoms. The monoisotopic (exact) mass is 449 g/mol. The summed E-state index contributed by atoms with van der Waals surface area (Å²) in [6.45, 7) is -0.142. The highest BCUT2D eigenvalue weighted by atomic mass is 19.3. The van der Waals surface area contributed by atoms with E-state index in [0.29, 0.717) is 38.9 Å². The molecular formula is C24H29F2NO5. The molecule has 3 rings (SSSR count). The number of nitrogens with zero attached hydrogens (tertiary/aromatic N) is 1. The summed E-state index contributed by atoms with van der Waals surface area (Å²) in [5.74, 6) is 0.889. The van der Waals surface area contributed by atoms with Crippen molar-refractivity contribution in [3.63, 3.8) is 0 Å². The van der Waals surface area contributed by atoms with Gasteiger partial charge in [0.1, 0.15) is 11.5 Å². The van der Waals surface area contributed by atoms with Crippen LogP contribution >= 0.6 is 0 Å². The van der Waals surface area contributed by atoms with Crippen LogP contribution < -0.4 is 9.47 Å². The number of β-amino-alcohol motifs (C(OH)–C–C–N with tert-alkyl or cyclic N) is 1. The number of benzene rings is 2. The van der Waals surface area contributed by atoms with Crippen LogP contribution in [-0.2, 0) is 17.6 Å². The lowest BCUT2D eigenvalue weighted by molar-refractivity contribution is -0.0498. The Kier molecular flexibility index (Phi) is 8.67. The number of alkyl halides is 2. The van der Waals surface area contributed by atoms with E-state index in [1.54, 1.807) is 24.0 Å². The number of aliphatic hydroxyl groups is 1. The van der Waals surface area contributed by atoms with E-state index in [9.17, 15) is 18.7 Å². The maximum atomic E-state index is 12.4. The summed E-state index contributed by atoms with van der Waals surface area (Å²) in [6.07, 6.45) is 1.43. The lowest BCUT2D eigenvalue weighted by Crippen LogP contribution is -2.37. The van der Waals surface area contributed by atoms with Gasteiger partial charge in [-0.25, -0.2) is 4.79 Å². The molecule has 0 radical (unpaired) electrons. The van der Waals surface area contributed by atoms with Crippen molar-refractivity contribution in [2.45, 2.75) is 51.4 Å². The lowest BCUT2D eigenvalue weighted by atomic mass is 10.0. The first kappa shape index (κ1) is 23.8. The van der Waals surface area contributed by atoms with Gasteiger partial charge in [0, 0.05) is 12.5 Å². The summed E-state index contributed by atoms with van der Waals surface area (Å²) in [5.41, 5.74) is 1.89. The Morgan fingerprint density at radius 3 is 2.78 bits per heavy atom. The Morgan fingerprint density at radius 2 is 2.00 bits per heavy atom. The van der Waals surface area contributed by atoms with E-state index in [1.165, 1.54) is 6.07 Å². The lowest BCUT2D eigenvalue weighted by Gasteiger charge is -2.23. The first-order valence-corrected chi connectivity index (χ1v) is 10.8. The van der Waals surface area contributed by atoms with Crippen molar-refractivity contribution in [2.24, 2.45) is 0 Å². The average molecular weight is 449 g/mol. The Morgan fingerprint density at radius 1 is 1.19 bits per heavy atom. The van der Waals surface area contributed by atoms with Gasteiger partial charge in [-0.15, -0.1) is 0 Å². The number of para-hydroxylation sites is 1. The number of hydrogen-bond donors (Lipinski definition) is 1. The van der Waals surface area contributed by atoms with Crippen molar-refractivity contribution in [3.8, 4) is 11.5 Å². The minimum absolute atomic E-state index is 0.131. The van der Waals surface area contributed by atoms with Gasteiger partial charge in [-0.05, 0) is 55.5 Å². The molecular weight excluding hydrogens is 420 g/mol. The number of aliphatic hydroxyl groups excluding tert-OH is 1. The highest BCUT2D eigenvalue weighted by molar-refractivity contribution is 5.68. The summed E-state index contributed by atoms with van der Waals surface area (Å²) in [7, 11) is 0. The second-order valence-electron chi connectivity index (χ2n) is 7.67. The third-order valence-electron chi connectivity index (χ3n) is 5.38. The normalized spacial score (nSPS) is 18.1. The molecule has 2 aromatic carbocycles. The van der Waals surface area contributed by atoms with Crippen LogP contribution in [0.15, 0.2) is 48.5 Å². The molecule has 0 bridgehead atoms. The Balaban J connectivity index is 1.55. The molecule has 0 saturated carbocycles. The SMILES string of the molecule is CCOC(=O)N1C[C@H](O)C[C@H]1CCOc1ccccc1CCc1cccc(OC(F)F)c1. The first-order chi connectivity index (χ1) is 15.5. The quantitative estimate of drug-likeness (QED) is 0.581. The predicted octanol–water partition coefficient (Wildman–Crippen LogP) is 4.43. The molecule has 32 heavy (non-hydrogen) atoms. The molecule has 0 aliphatic carbocycles. The molecule has 1 aliphatic rings. The van der Waals surface area contributed by atoms with Crippen LogP contribution in [0.1, 0.15) is 30.9 Å². The number of rotatable bonds is 10. The van der Waals surface area contributed by atoms with E-state index in [2.05, 4.69) is 4.74 Å². The van der Waals surface area contributed by atoms with Gasteiger partial charge in [0.25, 0.3) is 0 Å². The molecule has 1 saturated heterocycles. The number of ether oxygens (including phenoxy) is 3. The Hall–Kier alpha value is -2.87. The second-order valence-corrected chi connectivity index (χ2v) is 7.67. The zero-order chi connectivity index (χ0) is 22.9. The summed E-state index contributed by atoms with van der Waals surface area (Å²) in [5, 5.41) is 9.95. The van der Waals surface area contributed by atoms with E-state index in [0.717, 1.165) is 16.9 Å². The van der Waals surface area contributed by atoms with Crippen molar-refractivity contribution in [1.29, 1.82) is 0 Å². The molecule has 1 fully saturated rings. The number of likely N-dealkylation sites (tertiary alicyclic amines) is 1. The van der Waals surface area contributed by atoms with Crippen LogP contribution in [-0.4, -0.2) is 54.6 Å². The predicted molar refractivity (Wildman–Crippen MR) is 115 cm³/mol. The average Bonchev–Trinajstić information content (AvgIpc) is 3.13. The number of halogens is 2. The number of aryl methyl sites for hydroxylation is 2. The zero-order valence-corrected chi connectivity index (χ0v) is 18.1. The van der Waals surface area contributed by atoms with Gasteiger partial charge in [0.05, 0.1) is 25.9 Å². The number of carbonyl (C=O) groups excluding carboxylic acids is 1. The van der Waals surface area contributed by atoms with Gasteiger partial charge in [0.15, 0.2) is 0 Å². The number of carbonyl (C=O) groups is 1. The van der Waals surface area contributed by atoms with Crippen LogP contribution in [0.2, 0.25) is 0 Å². The largest absolute Gasteiger partial charge is 0.493 e. The fourth-order valence-electron chi connectivity index (χ4n) is 3.91. The number of amides is 1. The van der Waals surface area contributed by atoms with Gasteiger partial charge < -0.3 is 24.2 Å². The molecule has 1 heterocycles. The van der Waals surface area contributed by atoms with E-state index in [-0.39, 0.29) is 18.3 Å². The van der Waals surface area contributed by atoms with Crippen LogP contribution in [0, 0.1) is 0 Å². The van der Waals surface area contributed by atoms with Crippen LogP contribution in [0.4, 0.5) is 13.6 Å². The van der Waals surface area contributed by atoms with Gasteiger partial charge in [-0.1, -0.05) is 30.3 Å². The highest BCUT2D eigenvalue weighted by Crippen LogP contribution is 2.25. The van der Waals surface area contributed by atoms with Crippen molar-refractivity contribution < 1.29 is 32.9 Å². The molecule has 0 aromatic heterocycles. The van der Waals surface area contributed by atoms with E-state index < -0.39 is 18.8 Å². The Labute approximate surface area is 186 Å². The highest BCUT2D eigenvalue weighted by Gasteiger charge is 2.35. The standard InChI is InChI=1S/C24H29F2NO5/c1-2-30-24(29)27-16-20(28)15-19(27)12-13-31-22-9-4-3-7-18(22)11-10-17-6-5-8-21(14-17)32-23(25)26/h3-9,14,19-20,23,28H,2,10-13,15-16H2,1H3/t19-,20-/m1/s1. The third-order valence-corrected chi connectivity index (χ3v) is 5.38. The minimum atomic E-state index is -2.85. The van der Waals surface area contributed by atoms with Crippen molar-refractivity contribution in [3.05, 3.63) is 59.7 Å². The summed E-state index contributed by atoms with van der Waals surface area (Å²) in [4.78, 5) is 13.7. The zero-order valence-electron chi connectivity index (χ0n) is 18.1. The Bertz CT molecular complexity index is 879. The molecule has 6 nitrogen and oxygen atoms in total. The third kappa shape index (κ3) is 6.82. The van der Waals surface area contributed by atoms with Gasteiger partial charge in [0.2, 0.25) is 0 Å². The molecule has 1 N–H and O–H groups in total. The minimum Gasteiger partial charge on any atom is -0.493 e. The fourth-order valence-corrected chi connectivity index (χ4v) is 3.91. The van der Waals surface area contributed by atoms with Crippen molar-refractivity contribution >= 4 is 6.09 Å². The summed E-state index contributed by atoms with van der Waals surface area (Å²) >= 11 is 0.